The fourth-order valence-corrected chi connectivity index (χ4v) is 1.89. The van der Waals surface area contributed by atoms with E-state index in [4.69, 9.17) is 5.73 Å². The second kappa shape index (κ2) is 6.81. The van der Waals surface area contributed by atoms with Crippen molar-refractivity contribution in [3.8, 4) is 5.75 Å². The van der Waals surface area contributed by atoms with Crippen LogP contribution in [-0.4, -0.2) is 27.0 Å². The molecule has 0 saturated heterocycles. The molecule has 2 rings (SSSR count). The second-order valence-corrected chi connectivity index (χ2v) is 4.79. The third kappa shape index (κ3) is 4.54. The number of amides is 1. The maximum Gasteiger partial charge on any atom is 0.237 e. The van der Waals surface area contributed by atoms with Crippen molar-refractivity contribution in [1.82, 2.24) is 15.3 Å². The Morgan fingerprint density at radius 3 is 2.71 bits per heavy atom. The summed E-state index contributed by atoms with van der Waals surface area (Å²) in [5.74, 6) is 0.616. The van der Waals surface area contributed by atoms with Gasteiger partial charge in [0.25, 0.3) is 0 Å². The van der Waals surface area contributed by atoms with E-state index in [-0.39, 0.29) is 11.7 Å². The average Bonchev–Trinajstić information content (AvgIpc) is 2.47. The molecule has 1 heterocycles. The van der Waals surface area contributed by atoms with Gasteiger partial charge in [0.2, 0.25) is 5.91 Å². The summed E-state index contributed by atoms with van der Waals surface area (Å²) in [6, 6.07) is 7.75. The van der Waals surface area contributed by atoms with Crippen LogP contribution in [0.3, 0.4) is 0 Å². The minimum absolute atomic E-state index is 0.191. The number of rotatable bonds is 5. The van der Waals surface area contributed by atoms with Gasteiger partial charge in [-0.05, 0) is 37.1 Å². The molecular weight excluding hydrogens is 268 g/mol. The first kappa shape index (κ1) is 14.9. The van der Waals surface area contributed by atoms with E-state index in [9.17, 15) is 9.90 Å². The van der Waals surface area contributed by atoms with Gasteiger partial charge in [0.15, 0.2) is 0 Å². The van der Waals surface area contributed by atoms with Crippen LogP contribution in [0.5, 0.6) is 5.75 Å². The van der Waals surface area contributed by atoms with Crippen molar-refractivity contribution in [2.24, 2.45) is 5.73 Å². The molecule has 1 amide bonds. The van der Waals surface area contributed by atoms with Gasteiger partial charge in [-0.3, -0.25) is 4.79 Å². The fraction of sp³-hybridized carbons (Fsp3) is 0.267. The summed E-state index contributed by atoms with van der Waals surface area (Å²) in [6.45, 7) is 2.12. The van der Waals surface area contributed by atoms with Crippen LogP contribution in [-0.2, 0) is 17.8 Å². The summed E-state index contributed by atoms with van der Waals surface area (Å²) in [5.41, 5.74) is 7.51. The van der Waals surface area contributed by atoms with Gasteiger partial charge in [0, 0.05) is 6.20 Å². The van der Waals surface area contributed by atoms with E-state index in [1.54, 1.807) is 43.5 Å². The molecule has 0 radical (unpaired) electrons. The van der Waals surface area contributed by atoms with E-state index in [0.717, 1.165) is 11.3 Å². The number of phenols is 1. The van der Waals surface area contributed by atoms with Crippen LogP contribution in [0.2, 0.25) is 0 Å². The van der Waals surface area contributed by atoms with Crippen LogP contribution in [0.15, 0.2) is 36.5 Å². The van der Waals surface area contributed by atoms with E-state index < -0.39 is 6.04 Å². The van der Waals surface area contributed by atoms with Crippen LogP contribution in [0.1, 0.15) is 17.1 Å². The molecule has 0 unspecified atom stereocenters. The Bertz CT molecular complexity index is 613. The first-order valence-corrected chi connectivity index (χ1v) is 6.64. The molecule has 0 aliphatic heterocycles. The summed E-state index contributed by atoms with van der Waals surface area (Å²) < 4.78 is 0. The molecule has 0 spiro atoms. The number of nitrogens with one attached hydrogen (secondary N) is 1. The molecule has 1 aromatic heterocycles. The second-order valence-electron chi connectivity index (χ2n) is 4.79. The van der Waals surface area contributed by atoms with Gasteiger partial charge in [-0.15, -0.1) is 0 Å². The molecule has 1 atom stereocenters. The molecule has 2 aromatic rings. The summed E-state index contributed by atoms with van der Waals surface area (Å²) in [4.78, 5) is 20.1. The maximum absolute atomic E-state index is 11.9. The van der Waals surface area contributed by atoms with Crippen LogP contribution in [0.25, 0.3) is 0 Å². The van der Waals surface area contributed by atoms with Gasteiger partial charge >= 0.3 is 0 Å². The van der Waals surface area contributed by atoms with Crippen molar-refractivity contribution in [1.29, 1.82) is 0 Å². The number of nitrogens with two attached hydrogens (primary N) is 1. The molecule has 0 aliphatic rings. The van der Waals surface area contributed by atoms with Gasteiger partial charge < -0.3 is 16.2 Å². The Morgan fingerprint density at radius 1 is 1.33 bits per heavy atom. The normalized spacial score (nSPS) is 11.9. The number of nitrogens with zero attached hydrogens (tertiary/aromatic N) is 2. The number of carbonyl (C=O) groups excluding carboxylic acids is 1. The van der Waals surface area contributed by atoms with Crippen molar-refractivity contribution in [2.75, 3.05) is 0 Å². The first-order chi connectivity index (χ1) is 10.0. The predicted octanol–water partition coefficient (Wildman–Crippen LogP) is 0.677. The van der Waals surface area contributed by atoms with Gasteiger partial charge in [0.1, 0.15) is 11.6 Å². The molecule has 110 valence electrons. The largest absolute Gasteiger partial charge is 0.508 e. The molecule has 0 bridgehead atoms. The summed E-state index contributed by atoms with van der Waals surface area (Å²) in [5, 5.41) is 12.0. The SMILES string of the molecule is Cc1nccc(CNC(=O)[C@@H](N)Cc2ccc(O)cc2)n1. The van der Waals surface area contributed by atoms with Gasteiger partial charge in [-0.2, -0.15) is 0 Å². The molecule has 4 N–H and O–H groups in total. The van der Waals surface area contributed by atoms with Crippen LogP contribution in [0, 0.1) is 6.92 Å². The Labute approximate surface area is 123 Å². The third-order valence-corrected chi connectivity index (χ3v) is 3.01. The smallest absolute Gasteiger partial charge is 0.237 e. The molecule has 0 saturated carbocycles. The highest BCUT2D eigenvalue weighted by Crippen LogP contribution is 2.10. The van der Waals surface area contributed by atoms with E-state index >= 15 is 0 Å². The number of aromatic nitrogens is 2. The minimum Gasteiger partial charge on any atom is -0.508 e. The van der Waals surface area contributed by atoms with Crippen LogP contribution >= 0.6 is 0 Å². The lowest BCUT2D eigenvalue weighted by Crippen LogP contribution is -2.41. The summed E-state index contributed by atoms with van der Waals surface area (Å²) in [7, 11) is 0. The molecular formula is C15H18N4O2. The number of benzene rings is 1. The molecule has 0 fully saturated rings. The van der Waals surface area contributed by atoms with Crippen molar-refractivity contribution < 1.29 is 9.90 Å². The highest BCUT2D eigenvalue weighted by Gasteiger charge is 2.14. The molecule has 0 aliphatic carbocycles. The number of aryl methyl sites for hydroxylation is 1. The lowest BCUT2D eigenvalue weighted by Gasteiger charge is -2.12. The van der Waals surface area contributed by atoms with Crippen molar-refractivity contribution in [3.63, 3.8) is 0 Å². The van der Waals surface area contributed by atoms with Crippen molar-refractivity contribution in [3.05, 3.63) is 53.6 Å². The van der Waals surface area contributed by atoms with E-state index in [2.05, 4.69) is 15.3 Å². The van der Waals surface area contributed by atoms with Gasteiger partial charge in [0.05, 0.1) is 18.3 Å². The topological polar surface area (TPSA) is 101 Å². The Kier molecular flexibility index (Phi) is 4.84. The number of aromatic hydroxyl groups is 1. The maximum atomic E-state index is 11.9. The Morgan fingerprint density at radius 2 is 2.05 bits per heavy atom. The van der Waals surface area contributed by atoms with Crippen molar-refractivity contribution >= 4 is 5.91 Å². The predicted molar refractivity (Wildman–Crippen MR) is 78.4 cm³/mol. The molecule has 6 nitrogen and oxygen atoms in total. The van der Waals surface area contributed by atoms with Crippen LogP contribution in [0.4, 0.5) is 0 Å². The molecule has 21 heavy (non-hydrogen) atoms. The number of phenolic OH excluding ortho intramolecular Hbond substituents is 1. The van der Waals surface area contributed by atoms with Gasteiger partial charge in [-0.1, -0.05) is 12.1 Å². The Hall–Kier alpha value is -2.47. The highest BCUT2D eigenvalue weighted by atomic mass is 16.3. The fourth-order valence-electron chi connectivity index (χ4n) is 1.89. The first-order valence-electron chi connectivity index (χ1n) is 6.64. The standard InChI is InChI=1S/C15H18N4O2/c1-10-17-7-6-12(19-10)9-18-15(21)14(16)8-11-2-4-13(20)5-3-11/h2-7,14,20H,8-9,16H2,1H3,(H,18,21)/t14-/m0/s1. The van der Waals surface area contributed by atoms with E-state index in [1.807, 2.05) is 0 Å². The lowest BCUT2D eigenvalue weighted by atomic mass is 10.1. The van der Waals surface area contributed by atoms with E-state index in [0.29, 0.717) is 18.8 Å². The third-order valence-electron chi connectivity index (χ3n) is 3.01. The van der Waals surface area contributed by atoms with Crippen molar-refractivity contribution in [2.45, 2.75) is 25.9 Å². The minimum atomic E-state index is -0.641. The zero-order valence-electron chi connectivity index (χ0n) is 11.8. The highest BCUT2D eigenvalue weighted by molar-refractivity contribution is 5.81. The lowest BCUT2D eigenvalue weighted by molar-refractivity contribution is -0.122. The monoisotopic (exact) mass is 286 g/mol. The number of carbonyl (C=O) groups is 1. The quantitative estimate of drug-likeness (QED) is 0.750. The number of hydrogen-bond donors (Lipinski definition) is 3. The molecule has 1 aromatic carbocycles. The van der Waals surface area contributed by atoms with Gasteiger partial charge in [-0.25, -0.2) is 9.97 Å². The Balaban J connectivity index is 1.86. The average molecular weight is 286 g/mol. The van der Waals surface area contributed by atoms with Crippen LogP contribution < -0.4 is 11.1 Å². The molecule has 6 heteroatoms. The summed E-state index contributed by atoms with van der Waals surface area (Å²) in [6.07, 6.45) is 2.06. The zero-order valence-corrected chi connectivity index (χ0v) is 11.8. The number of hydrogen-bond acceptors (Lipinski definition) is 5. The zero-order chi connectivity index (χ0) is 15.2. The summed E-state index contributed by atoms with van der Waals surface area (Å²) >= 11 is 0. The van der Waals surface area contributed by atoms with E-state index in [1.165, 1.54) is 0 Å².